The summed E-state index contributed by atoms with van der Waals surface area (Å²) in [6, 6.07) is 6.02. The summed E-state index contributed by atoms with van der Waals surface area (Å²) >= 11 is 1.90. The molecular formula is C7H5INO3. The molecule has 1 aromatic carbocycles. The van der Waals surface area contributed by atoms with Crippen LogP contribution in [0.4, 0.5) is 5.69 Å². The zero-order valence-corrected chi connectivity index (χ0v) is 8.09. The summed E-state index contributed by atoms with van der Waals surface area (Å²) < 4.78 is 6.40. The van der Waals surface area contributed by atoms with E-state index >= 15 is 0 Å². The van der Waals surface area contributed by atoms with Gasteiger partial charge in [0, 0.05) is 6.07 Å². The Morgan fingerprint density at radius 1 is 1.58 bits per heavy atom. The van der Waals surface area contributed by atoms with Crippen LogP contribution < -0.4 is 4.74 Å². The second-order valence-corrected chi connectivity index (χ2v) is 2.47. The number of halogens is 1. The van der Waals surface area contributed by atoms with E-state index in [1.165, 1.54) is 16.7 Å². The van der Waals surface area contributed by atoms with Crippen LogP contribution in [-0.2, 0) is 0 Å². The Morgan fingerprint density at radius 3 is 2.92 bits per heavy atom. The molecular weight excluding hydrogens is 273 g/mol. The third-order valence-corrected chi connectivity index (χ3v) is 1.46. The molecule has 12 heavy (non-hydrogen) atoms. The van der Waals surface area contributed by atoms with Gasteiger partial charge in [-0.2, -0.15) is 0 Å². The fourth-order valence-electron chi connectivity index (χ4n) is 0.722. The summed E-state index contributed by atoms with van der Waals surface area (Å²) in [6.45, 7) is 0. The number of rotatable bonds is 3. The number of hydrogen-bond donors (Lipinski definition) is 0. The van der Waals surface area contributed by atoms with Gasteiger partial charge in [0.15, 0.2) is 4.61 Å². The molecule has 0 bridgehead atoms. The third kappa shape index (κ3) is 2.33. The summed E-state index contributed by atoms with van der Waals surface area (Å²) in [5.41, 5.74) is 0.0331. The van der Waals surface area contributed by atoms with Crippen LogP contribution in [0, 0.1) is 14.7 Å². The predicted molar refractivity (Wildman–Crippen MR) is 52.0 cm³/mol. The topological polar surface area (TPSA) is 52.4 Å². The Morgan fingerprint density at radius 2 is 2.33 bits per heavy atom. The van der Waals surface area contributed by atoms with Crippen molar-refractivity contribution in [3.63, 3.8) is 0 Å². The number of nitrogens with zero attached hydrogens (tertiary/aromatic N) is 1. The maximum absolute atomic E-state index is 10.3. The minimum atomic E-state index is -0.458. The van der Waals surface area contributed by atoms with Crippen molar-refractivity contribution in [2.45, 2.75) is 0 Å². The van der Waals surface area contributed by atoms with Crippen molar-refractivity contribution in [2.75, 3.05) is 0 Å². The maximum Gasteiger partial charge on any atom is 0.273 e. The molecule has 0 aliphatic heterocycles. The highest BCUT2D eigenvalue weighted by molar-refractivity contribution is 14.1. The van der Waals surface area contributed by atoms with Crippen LogP contribution in [-0.4, -0.2) is 4.92 Å². The standard InChI is InChI=1S/C7H5INO3/c8-5-12-7-3-1-2-6(4-7)9(10)11/h1-5H. The Bertz CT molecular complexity index is 290. The predicted octanol–water partition coefficient (Wildman–Crippen LogP) is 2.53. The molecule has 1 aromatic rings. The lowest BCUT2D eigenvalue weighted by molar-refractivity contribution is -0.384. The summed E-state index contributed by atoms with van der Waals surface area (Å²) in [7, 11) is 0. The van der Waals surface area contributed by atoms with Gasteiger partial charge in [0.2, 0.25) is 0 Å². The van der Waals surface area contributed by atoms with Crippen molar-refractivity contribution >= 4 is 28.3 Å². The molecule has 1 radical (unpaired) electrons. The van der Waals surface area contributed by atoms with Crippen molar-refractivity contribution in [2.24, 2.45) is 0 Å². The second kappa shape index (κ2) is 4.24. The van der Waals surface area contributed by atoms with Gasteiger partial charge in [-0.25, -0.2) is 0 Å². The Labute approximate surface area is 82.8 Å². The summed E-state index contributed by atoms with van der Waals surface area (Å²) in [4.78, 5) is 9.84. The van der Waals surface area contributed by atoms with Crippen molar-refractivity contribution in [1.82, 2.24) is 0 Å². The molecule has 4 nitrogen and oxygen atoms in total. The van der Waals surface area contributed by atoms with Crippen molar-refractivity contribution in [1.29, 1.82) is 0 Å². The number of non-ortho nitro benzene ring substituents is 1. The first-order valence-corrected chi connectivity index (χ1v) is 4.31. The highest BCUT2D eigenvalue weighted by Gasteiger charge is 2.05. The molecule has 0 saturated carbocycles. The average molecular weight is 278 g/mol. The first-order valence-electron chi connectivity index (χ1n) is 3.07. The fourth-order valence-corrected chi connectivity index (χ4v) is 1.02. The fraction of sp³-hybridized carbons (Fsp3) is 0. The number of nitro benzene ring substituents is 1. The van der Waals surface area contributed by atoms with E-state index in [0.717, 1.165) is 0 Å². The molecule has 0 unspecified atom stereocenters. The number of hydrogen-bond acceptors (Lipinski definition) is 3. The lowest BCUT2D eigenvalue weighted by Gasteiger charge is -1.98. The molecule has 0 amide bonds. The zero-order valence-electron chi connectivity index (χ0n) is 5.94. The summed E-state index contributed by atoms with van der Waals surface area (Å²) in [5, 5.41) is 10.3. The minimum Gasteiger partial charge on any atom is -0.475 e. The van der Waals surface area contributed by atoms with Gasteiger partial charge in [0.25, 0.3) is 5.69 Å². The SMILES string of the molecule is O=[N+]([O-])c1cccc(O[CH]I)c1. The summed E-state index contributed by atoms with van der Waals surface area (Å²) in [5.74, 6) is 0.471. The molecule has 0 heterocycles. The smallest absolute Gasteiger partial charge is 0.273 e. The molecule has 0 aromatic heterocycles. The van der Waals surface area contributed by atoms with Gasteiger partial charge in [-0.3, -0.25) is 10.1 Å². The Kier molecular flexibility index (Phi) is 3.27. The normalized spacial score (nSPS) is 9.42. The Balaban J connectivity index is 2.88. The third-order valence-electron chi connectivity index (χ3n) is 1.21. The van der Waals surface area contributed by atoms with Gasteiger partial charge in [-0.15, -0.1) is 0 Å². The van der Waals surface area contributed by atoms with E-state index < -0.39 is 4.92 Å². The van der Waals surface area contributed by atoms with E-state index in [1.807, 2.05) is 22.6 Å². The van der Waals surface area contributed by atoms with Crippen molar-refractivity contribution in [3.8, 4) is 5.75 Å². The zero-order chi connectivity index (χ0) is 8.97. The van der Waals surface area contributed by atoms with E-state index in [1.54, 1.807) is 12.1 Å². The van der Waals surface area contributed by atoms with E-state index in [-0.39, 0.29) is 5.69 Å². The van der Waals surface area contributed by atoms with Crippen LogP contribution in [0.3, 0.4) is 0 Å². The molecule has 0 N–H and O–H groups in total. The van der Waals surface area contributed by atoms with Gasteiger partial charge < -0.3 is 4.74 Å². The lowest BCUT2D eigenvalue weighted by atomic mass is 10.3. The van der Waals surface area contributed by atoms with Gasteiger partial charge in [0.05, 0.1) is 11.0 Å². The van der Waals surface area contributed by atoms with E-state index in [4.69, 9.17) is 4.74 Å². The van der Waals surface area contributed by atoms with Crippen LogP contribution in [0.2, 0.25) is 0 Å². The van der Waals surface area contributed by atoms with Crippen molar-refractivity contribution < 1.29 is 9.66 Å². The molecule has 1 rings (SSSR count). The van der Waals surface area contributed by atoms with Crippen LogP contribution >= 0.6 is 22.6 Å². The number of nitro groups is 1. The van der Waals surface area contributed by atoms with E-state index in [9.17, 15) is 10.1 Å². The van der Waals surface area contributed by atoms with Gasteiger partial charge in [-0.1, -0.05) is 6.07 Å². The lowest BCUT2D eigenvalue weighted by Crippen LogP contribution is -1.89. The molecule has 0 fully saturated rings. The average Bonchev–Trinajstić information content (AvgIpc) is 2.05. The number of benzene rings is 1. The minimum absolute atomic E-state index is 0.0331. The maximum atomic E-state index is 10.3. The molecule has 0 aliphatic rings. The first kappa shape index (κ1) is 9.24. The quantitative estimate of drug-likeness (QED) is 0.485. The molecule has 0 spiro atoms. The monoisotopic (exact) mass is 278 g/mol. The molecule has 0 saturated heterocycles. The van der Waals surface area contributed by atoms with Crippen LogP contribution in [0.15, 0.2) is 24.3 Å². The highest BCUT2D eigenvalue weighted by Crippen LogP contribution is 2.19. The molecule has 0 atom stereocenters. The molecule has 63 valence electrons. The van der Waals surface area contributed by atoms with Gasteiger partial charge in [0.1, 0.15) is 5.75 Å². The van der Waals surface area contributed by atoms with Crippen LogP contribution in [0.25, 0.3) is 0 Å². The Hall–Kier alpha value is -0.850. The van der Waals surface area contributed by atoms with E-state index in [2.05, 4.69) is 0 Å². The van der Waals surface area contributed by atoms with Crippen LogP contribution in [0.5, 0.6) is 5.75 Å². The van der Waals surface area contributed by atoms with Crippen LogP contribution in [0.1, 0.15) is 0 Å². The molecule has 0 aliphatic carbocycles. The van der Waals surface area contributed by atoms with E-state index in [0.29, 0.717) is 5.75 Å². The van der Waals surface area contributed by atoms with Gasteiger partial charge >= 0.3 is 0 Å². The molecule has 5 heteroatoms. The number of ether oxygens (including phenoxy) is 1. The first-order chi connectivity index (χ1) is 5.74. The largest absolute Gasteiger partial charge is 0.475 e. The highest BCUT2D eigenvalue weighted by atomic mass is 127. The van der Waals surface area contributed by atoms with Gasteiger partial charge in [-0.05, 0) is 28.7 Å². The second-order valence-electron chi connectivity index (χ2n) is 1.96. The summed E-state index contributed by atoms with van der Waals surface area (Å²) in [6.07, 6.45) is 0. The van der Waals surface area contributed by atoms with Crippen molar-refractivity contribution in [3.05, 3.63) is 39.0 Å².